The van der Waals surface area contributed by atoms with E-state index in [2.05, 4.69) is 13.8 Å². The number of hydrogen-bond acceptors (Lipinski definition) is 4. The Morgan fingerprint density at radius 2 is 1.40 bits per heavy atom. The van der Waals surface area contributed by atoms with Crippen molar-refractivity contribution in [2.45, 2.75) is 49.4 Å². The molecule has 0 radical (unpaired) electrons. The number of carboxylic acid groups (broad SMARTS) is 2. The van der Waals surface area contributed by atoms with Crippen LogP contribution in [0.3, 0.4) is 0 Å². The second kappa shape index (κ2) is 19.3. The van der Waals surface area contributed by atoms with Crippen molar-refractivity contribution in [3.63, 3.8) is 0 Å². The number of carboxylic acids is 2. The quantitative estimate of drug-likeness (QED) is 0.533. The molecule has 0 aromatic carbocycles. The van der Waals surface area contributed by atoms with Gasteiger partial charge in [-0.05, 0) is 13.8 Å². The van der Waals surface area contributed by atoms with Gasteiger partial charge in [0.1, 0.15) is 0 Å². The molecule has 0 heterocycles. The Balaban J connectivity index is -0.000000155. The normalized spacial score (nSPS) is 7.20. The minimum absolute atomic E-state index is 0.184. The van der Waals surface area contributed by atoms with Gasteiger partial charge in [0, 0.05) is 11.9 Å². The minimum atomic E-state index is -1.08. The number of aliphatic carboxylic acids is 2. The van der Waals surface area contributed by atoms with Crippen LogP contribution in [0.1, 0.15) is 40.5 Å². The number of carbonyl (C=O) groups excluding carboxylic acids is 2. The summed E-state index contributed by atoms with van der Waals surface area (Å²) in [6.07, 6.45) is 2.90. The van der Waals surface area contributed by atoms with Crippen molar-refractivity contribution >= 4 is 33.1 Å². The van der Waals surface area contributed by atoms with E-state index in [1.54, 1.807) is 4.44 Å². The second-order valence-electron chi connectivity index (χ2n) is 2.69. The molecule has 0 atom stereocenters. The van der Waals surface area contributed by atoms with Gasteiger partial charge < -0.3 is 19.8 Å². The first-order valence-corrected chi connectivity index (χ1v) is 8.97. The van der Waals surface area contributed by atoms with Crippen molar-refractivity contribution in [1.82, 2.24) is 0 Å². The third kappa shape index (κ3) is 135. The fourth-order valence-electron chi connectivity index (χ4n) is 0.479. The van der Waals surface area contributed by atoms with E-state index in [-0.39, 0.29) is 21.1 Å². The molecular weight excluding hydrogens is 303 g/mol. The van der Waals surface area contributed by atoms with Gasteiger partial charge in [-0.25, -0.2) is 0 Å². The molecule has 88 valence electrons. The second-order valence-corrected chi connectivity index (χ2v) is 7.56. The Morgan fingerprint density at radius 3 is 1.60 bits per heavy atom. The molecule has 0 N–H and O–H groups in total. The molecule has 0 aliphatic rings. The molecule has 0 aliphatic heterocycles. The summed E-state index contributed by atoms with van der Waals surface area (Å²) < 4.78 is 3.14. The Labute approximate surface area is 102 Å². The Hall–Kier alpha value is -0.261. The van der Waals surface area contributed by atoms with E-state index in [1.807, 2.05) is 0 Å². The molecule has 0 saturated carbocycles. The average molecular weight is 323 g/mol. The van der Waals surface area contributed by atoms with Gasteiger partial charge in [-0.15, -0.1) is 0 Å². The van der Waals surface area contributed by atoms with Gasteiger partial charge in [0.25, 0.3) is 0 Å². The third-order valence-corrected chi connectivity index (χ3v) is 4.40. The number of unbranched alkanes of at least 4 members (excludes halogenated alkanes) is 1. The molecule has 5 heteroatoms. The summed E-state index contributed by atoms with van der Waals surface area (Å²) in [5.74, 6) is -2.17. The van der Waals surface area contributed by atoms with Gasteiger partial charge >= 0.3 is 56.7 Å². The first-order valence-electron chi connectivity index (χ1n) is 4.94. The first-order chi connectivity index (χ1) is 6.88. The van der Waals surface area contributed by atoms with E-state index in [9.17, 15) is 0 Å². The molecule has 0 bridgehead atoms. The van der Waals surface area contributed by atoms with Gasteiger partial charge in [-0.3, -0.25) is 0 Å². The predicted octanol–water partition coefficient (Wildman–Crippen LogP) is -0.140. The Morgan fingerprint density at radius 1 is 1.07 bits per heavy atom. The molecule has 0 fully saturated rings. The van der Waals surface area contributed by atoms with Crippen molar-refractivity contribution < 1.29 is 19.8 Å². The summed E-state index contributed by atoms with van der Waals surface area (Å²) in [5, 5.41) is 17.8. The van der Waals surface area contributed by atoms with Crippen molar-refractivity contribution in [2.24, 2.45) is 0 Å². The zero-order valence-electron chi connectivity index (χ0n) is 9.96. The van der Waals surface area contributed by atoms with Gasteiger partial charge in [0.15, 0.2) is 0 Å². The Kier molecular flexibility index (Phi) is 26.0. The molecular formula is C10H20O4Sn. The fraction of sp³-hybridized carbons (Fsp3) is 0.800. The predicted molar refractivity (Wildman–Crippen MR) is 57.3 cm³/mol. The van der Waals surface area contributed by atoms with Crippen LogP contribution in [0, 0.1) is 0 Å². The van der Waals surface area contributed by atoms with Crippen molar-refractivity contribution in [3.05, 3.63) is 0 Å². The van der Waals surface area contributed by atoms with Gasteiger partial charge in [-0.1, -0.05) is 0 Å². The molecule has 0 aromatic rings. The van der Waals surface area contributed by atoms with Crippen LogP contribution >= 0.6 is 0 Å². The van der Waals surface area contributed by atoms with Crippen LogP contribution in [0.15, 0.2) is 0 Å². The summed E-state index contributed by atoms with van der Waals surface area (Å²) in [6, 6.07) is 0. The summed E-state index contributed by atoms with van der Waals surface area (Å²) in [6.45, 7) is 6.54. The molecule has 0 saturated heterocycles. The number of hydrogen-bond donors (Lipinski definition) is 0. The third-order valence-electron chi connectivity index (χ3n) is 0.957. The van der Waals surface area contributed by atoms with Crippen LogP contribution in [0.4, 0.5) is 0 Å². The molecule has 0 aliphatic carbocycles. The number of carbonyl (C=O) groups is 2. The van der Waals surface area contributed by atoms with E-state index in [4.69, 9.17) is 19.8 Å². The van der Waals surface area contributed by atoms with E-state index in [1.165, 1.54) is 17.3 Å². The van der Waals surface area contributed by atoms with E-state index in [0.717, 1.165) is 13.8 Å². The summed E-state index contributed by atoms with van der Waals surface area (Å²) >= 11 is 0.184. The van der Waals surface area contributed by atoms with Crippen LogP contribution in [0.2, 0.25) is 8.87 Å². The van der Waals surface area contributed by atoms with E-state index in [0.29, 0.717) is 0 Å². The Bertz CT molecular complexity index is 124. The fourth-order valence-corrected chi connectivity index (χ4v) is 3.21. The van der Waals surface area contributed by atoms with Gasteiger partial charge in [-0.2, -0.15) is 0 Å². The van der Waals surface area contributed by atoms with E-state index < -0.39 is 11.9 Å². The zero-order chi connectivity index (χ0) is 12.7. The standard InChI is InChI=1S/C4H9.2C2H4O2.C2H5.Sn/c1-3-4-2;2*1-2(3)4;1-2;/h1,3-4H2,2H3;2*1H3,(H,3,4);1H2,2H3;/q;;;;+2/p-2. The molecule has 0 unspecified atom stereocenters. The zero-order valence-corrected chi connectivity index (χ0v) is 12.8. The van der Waals surface area contributed by atoms with Crippen LogP contribution < -0.4 is 10.2 Å². The van der Waals surface area contributed by atoms with Crippen LogP contribution in [0.5, 0.6) is 0 Å². The maximum atomic E-state index is 8.89. The van der Waals surface area contributed by atoms with Crippen molar-refractivity contribution in [1.29, 1.82) is 0 Å². The number of rotatable bonds is 4. The molecule has 0 rings (SSSR count). The summed E-state index contributed by atoms with van der Waals surface area (Å²) in [4.78, 5) is 17.8. The monoisotopic (exact) mass is 324 g/mol. The topological polar surface area (TPSA) is 80.3 Å². The molecule has 0 aromatic heterocycles. The van der Waals surface area contributed by atoms with Gasteiger partial charge in [0.2, 0.25) is 0 Å². The van der Waals surface area contributed by atoms with Crippen molar-refractivity contribution in [2.75, 3.05) is 0 Å². The molecule has 15 heavy (non-hydrogen) atoms. The molecule has 0 spiro atoms. The molecule has 0 amide bonds. The van der Waals surface area contributed by atoms with Crippen LogP contribution in [-0.2, 0) is 9.59 Å². The van der Waals surface area contributed by atoms with E-state index >= 15 is 0 Å². The SMILES string of the molecule is CC(=O)[O-].CC(=O)[O-].CCC[CH2][Sn+2][CH2]C. The molecule has 4 nitrogen and oxygen atoms in total. The summed E-state index contributed by atoms with van der Waals surface area (Å²) in [7, 11) is 0. The van der Waals surface area contributed by atoms with Crippen LogP contribution in [0.25, 0.3) is 0 Å². The maximum absolute atomic E-state index is 8.89. The van der Waals surface area contributed by atoms with Gasteiger partial charge in [0.05, 0.1) is 0 Å². The average Bonchev–Trinajstić information content (AvgIpc) is 2.03. The first kappa shape index (κ1) is 20.2. The van der Waals surface area contributed by atoms with Crippen molar-refractivity contribution in [3.8, 4) is 0 Å². The van der Waals surface area contributed by atoms with Crippen LogP contribution in [-0.4, -0.2) is 33.1 Å². The summed E-state index contributed by atoms with van der Waals surface area (Å²) in [5.41, 5.74) is 0.